The predicted molar refractivity (Wildman–Crippen MR) is 65.4 cm³/mol. The summed E-state index contributed by atoms with van der Waals surface area (Å²) < 4.78 is 10.4. The Morgan fingerprint density at radius 3 is 2.82 bits per heavy atom. The first kappa shape index (κ1) is 11.1. The van der Waals surface area contributed by atoms with Gasteiger partial charge in [-0.1, -0.05) is 0 Å². The van der Waals surface area contributed by atoms with E-state index in [4.69, 9.17) is 20.9 Å². The SMILES string of the molecule is CN=C(N)N=C(N)Nc1ccc2c(c1)OCO2. The molecule has 1 aromatic rings. The van der Waals surface area contributed by atoms with Crippen LogP contribution in [0.25, 0.3) is 0 Å². The molecule has 0 fully saturated rings. The Morgan fingerprint density at radius 1 is 1.29 bits per heavy atom. The summed E-state index contributed by atoms with van der Waals surface area (Å²) in [6.07, 6.45) is 0. The van der Waals surface area contributed by atoms with Crippen LogP contribution in [-0.2, 0) is 0 Å². The summed E-state index contributed by atoms with van der Waals surface area (Å²) in [5, 5.41) is 2.87. The van der Waals surface area contributed by atoms with Gasteiger partial charge in [0.15, 0.2) is 11.5 Å². The third-order valence-corrected chi connectivity index (χ3v) is 2.11. The largest absolute Gasteiger partial charge is 0.454 e. The lowest BCUT2D eigenvalue weighted by molar-refractivity contribution is 0.174. The third-order valence-electron chi connectivity index (χ3n) is 2.11. The second-order valence-corrected chi connectivity index (χ2v) is 3.27. The van der Waals surface area contributed by atoms with E-state index in [-0.39, 0.29) is 18.7 Å². The fraction of sp³-hybridized carbons (Fsp3) is 0.200. The molecule has 5 N–H and O–H groups in total. The molecule has 1 aliphatic heterocycles. The molecule has 1 aliphatic rings. The second kappa shape index (κ2) is 4.60. The van der Waals surface area contributed by atoms with Crippen LogP contribution in [0.4, 0.5) is 5.69 Å². The van der Waals surface area contributed by atoms with Gasteiger partial charge in [-0.05, 0) is 12.1 Å². The van der Waals surface area contributed by atoms with Crippen LogP contribution in [-0.4, -0.2) is 25.8 Å². The summed E-state index contributed by atoms with van der Waals surface area (Å²) in [5.74, 6) is 1.64. The maximum absolute atomic E-state index is 5.63. The maximum Gasteiger partial charge on any atom is 0.231 e. The number of fused-ring (bicyclic) bond motifs is 1. The highest BCUT2D eigenvalue weighted by molar-refractivity contribution is 6.00. The van der Waals surface area contributed by atoms with Crippen LogP contribution >= 0.6 is 0 Å². The van der Waals surface area contributed by atoms with Gasteiger partial charge >= 0.3 is 0 Å². The summed E-state index contributed by atoms with van der Waals surface area (Å²) in [4.78, 5) is 7.49. The Morgan fingerprint density at radius 2 is 2.06 bits per heavy atom. The lowest BCUT2D eigenvalue weighted by Gasteiger charge is -2.05. The van der Waals surface area contributed by atoms with E-state index in [2.05, 4.69) is 15.3 Å². The van der Waals surface area contributed by atoms with Crippen molar-refractivity contribution in [2.24, 2.45) is 21.5 Å². The minimum Gasteiger partial charge on any atom is -0.454 e. The average Bonchev–Trinajstić information content (AvgIpc) is 2.75. The molecule has 0 bridgehead atoms. The van der Waals surface area contributed by atoms with Crippen molar-refractivity contribution >= 4 is 17.6 Å². The van der Waals surface area contributed by atoms with Gasteiger partial charge in [-0.3, -0.25) is 4.99 Å². The molecule has 17 heavy (non-hydrogen) atoms. The average molecular weight is 235 g/mol. The van der Waals surface area contributed by atoms with Crippen molar-refractivity contribution < 1.29 is 9.47 Å². The smallest absolute Gasteiger partial charge is 0.231 e. The van der Waals surface area contributed by atoms with Crippen molar-refractivity contribution in [3.8, 4) is 11.5 Å². The normalized spacial score (nSPS) is 14.9. The van der Waals surface area contributed by atoms with Gasteiger partial charge in [0.05, 0.1) is 0 Å². The van der Waals surface area contributed by atoms with Gasteiger partial charge in [-0.2, -0.15) is 4.99 Å². The number of hydrogen-bond donors (Lipinski definition) is 3. The molecule has 1 aromatic carbocycles. The van der Waals surface area contributed by atoms with E-state index in [1.54, 1.807) is 18.2 Å². The van der Waals surface area contributed by atoms with E-state index in [1.165, 1.54) is 7.05 Å². The van der Waals surface area contributed by atoms with E-state index in [1.807, 2.05) is 0 Å². The Balaban J connectivity index is 2.12. The molecule has 0 aliphatic carbocycles. The molecular formula is C10H13N5O2. The fourth-order valence-corrected chi connectivity index (χ4v) is 1.32. The molecule has 0 unspecified atom stereocenters. The Hall–Kier alpha value is -2.44. The maximum atomic E-state index is 5.63. The summed E-state index contributed by atoms with van der Waals surface area (Å²) in [5.41, 5.74) is 11.8. The number of nitrogens with zero attached hydrogens (tertiary/aromatic N) is 2. The van der Waals surface area contributed by atoms with Crippen LogP contribution in [0, 0.1) is 0 Å². The predicted octanol–water partition coefficient (Wildman–Crippen LogP) is 0.0864. The summed E-state index contributed by atoms with van der Waals surface area (Å²) >= 11 is 0. The van der Waals surface area contributed by atoms with Crippen molar-refractivity contribution in [1.29, 1.82) is 0 Å². The first-order chi connectivity index (χ1) is 8.19. The number of benzene rings is 1. The lowest BCUT2D eigenvalue weighted by atomic mass is 10.3. The Labute approximate surface area is 98.1 Å². The quantitative estimate of drug-likeness (QED) is 0.472. The monoisotopic (exact) mass is 235 g/mol. The van der Waals surface area contributed by atoms with Gasteiger partial charge in [0.1, 0.15) is 0 Å². The molecule has 0 saturated carbocycles. The molecular weight excluding hydrogens is 222 g/mol. The van der Waals surface area contributed by atoms with Gasteiger partial charge in [-0.25, -0.2) is 0 Å². The zero-order valence-electron chi connectivity index (χ0n) is 9.30. The highest BCUT2D eigenvalue weighted by Gasteiger charge is 2.13. The standard InChI is InChI=1S/C10H13N5O2/c1-13-9(11)15-10(12)14-6-2-3-7-8(4-6)17-5-16-7/h2-4H,5H2,1H3,(H5,11,12,13,14,15). The van der Waals surface area contributed by atoms with Crippen molar-refractivity contribution in [1.82, 2.24) is 0 Å². The van der Waals surface area contributed by atoms with E-state index in [0.29, 0.717) is 11.5 Å². The summed E-state index contributed by atoms with van der Waals surface area (Å²) in [6.45, 7) is 0.234. The number of anilines is 1. The minimum atomic E-state index is 0.107. The fourth-order valence-electron chi connectivity index (χ4n) is 1.32. The molecule has 0 amide bonds. The summed E-state index contributed by atoms with van der Waals surface area (Å²) in [7, 11) is 1.53. The highest BCUT2D eigenvalue weighted by atomic mass is 16.7. The second-order valence-electron chi connectivity index (χ2n) is 3.27. The van der Waals surface area contributed by atoms with Crippen molar-refractivity contribution in [3.63, 3.8) is 0 Å². The molecule has 0 saturated heterocycles. The number of rotatable bonds is 1. The molecule has 0 spiro atoms. The van der Waals surface area contributed by atoms with Crippen LogP contribution in [0.3, 0.4) is 0 Å². The zero-order chi connectivity index (χ0) is 12.3. The summed E-state index contributed by atoms with van der Waals surface area (Å²) in [6, 6.07) is 5.36. The number of ether oxygens (including phenoxy) is 2. The van der Waals surface area contributed by atoms with Crippen LogP contribution in [0.2, 0.25) is 0 Å². The number of guanidine groups is 2. The van der Waals surface area contributed by atoms with Gasteiger partial charge in [0, 0.05) is 18.8 Å². The van der Waals surface area contributed by atoms with Gasteiger partial charge in [0.2, 0.25) is 18.7 Å². The topological polar surface area (TPSA) is 107 Å². The lowest BCUT2D eigenvalue weighted by Crippen LogP contribution is -2.26. The van der Waals surface area contributed by atoms with E-state index in [9.17, 15) is 0 Å². The van der Waals surface area contributed by atoms with E-state index in [0.717, 1.165) is 5.69 Å². The molecule has 7 heteroatoms. The Kier molecular flexibility index (Phi) is 2.99. The van der Waals surface area contributed by atoms with Crippen LogP contribution < -0.4 is 26.3 Å². The number of hydrogen-bond acceptors (Lipinski definition) is 3. The molecule has 0 radical (unpaired) electrons. The van der Waals surface area contributed by atoms with E-state index >= 15 is 0 Å². The van der Waals surface area contributed by atoms with Gasteiger partial charge in [-0.15, -0.1) is 0 Å². The first-order valence-corrected chi connectivity index (χ1v) is 4.92. The van der Waals surface area contributed by atoms with Crippen molar-refractivity contribution in [2.75, 3.05) is 19.2 Å². The van der Waals surface area contributed by atoms with Crippen molar-refractivity contribution in [3.05, 3.63) is 18.2 Å². The molecule has 1 heterocycles. The van der Waals surface area contributed by atoms with E-state index < -0.39 is 0 Å². The first-order valence-electron chi connectivity index (χ1n) is 4.92. The minimum absolute atomic E-state index is 0.107. The van der Waals surface area contributed by atoms with Crippen LogP contribution in [0.15, 0.2) is 28.2 Å². The molecule has 0 atom stereocenters. The number of nitrogens with one attached hydrogen (secondary N) is 1. The number of aliphatic imine (C=N–C) groups is 2. The van der Waals surface area contributed by atoms with Crippen LogP contribution in [0.5, 0.6) is 11.5 Å². The van der Waals surface area contributed by atoms with Gasteiger partial charge in [0.25, 0.3) is 0 Å². The van der Waals surface area contributed by atoms with Crippen LogP contribution in [0.1, 0.15) is 0 Å². The highest BCUT2D eigenvalue weighted by Crippen LogP contribution is 2.34. The molecule has 2 rings (SSSR count). The van der Waals surface area contributed by atoms with Gasteiger partial charge < -0.3 is 26.3 Å². The number of nitrogens with two attached hydrogens (primary N) is 2. The Bertz CT molecular complexity index is 484. The zero-order valence-corrected chi connectivity index (χ0v) is 9.30. The van der Waals surface area contributed by atoms with Crippen molar-refractivity contribution in [2.45, 2.75) is 0 Å². The molecule has 0 aromatic heterocycles. The molecule has 90 valence electrons. The third kappa shape index (κ3) is 2.57. The molecule has 7 nitrogen and oxygen atoms in total.